The number of piperidine rings is 1. The van der Waals surface area contributed by atoms with Crippen molar-refractivity contribution in [3.8, 4) is 22.9 Å². The standard InChI is InChI=1S/C15H19N3O3/c1-19-11-3-4-13(20-2)12(9-11)14-17-15(21-18-14)10-5-7-16-8-6-10/h3-4,9-10,16H,5-8H2,1-2H3. The fourth-order valence-corrected chi connectivity index (χ4v) is 2.57. The Labute approximate surface area is 123 Å². The number of hydrogen-bond acceptors (Lipinski definition) is 6. The van der Waals surface area contributed by atoms with Gasteiger partial charge < -0.3 is 19.3 Å². The summed E-state index contributed by atoms with van der Waals surface area (Å²) < 4.78 is 16.1. The molecule has 0 atom stereocenters. The lowest BCUT2D eigenvalue weighted by molar-refractivity contribution is 0.320. The van der Waals surface area contributed by atoms with E-state index < -0.39 is 0 Å². The Balaban J connectivity index is 1.91. The predicted molar refractivity (Wildman–Crippen MR) is 77.7 cm³/mol. The summed E-state index contributed by atoms with van der Waals surface area (Å²) in [4.78, 5) is 4.55. The minimum atomic E-state index is 0.337. The molecule has 6 heteroatoms. The highest BCUT2D eigenvalue weighted by Gasteiger charge is 2.22. The van der Waals surface area contributed by atoms with Crippen LogP contribution in [-0.2, 0) is 0 Å². The fraction of sp³-hybridized carbons (Fsp3) is 0.467. The summed E-state index contributed by atoms with van der Waals surface area (Å²) in [5.41, 5.74) is 0.779. The van der Waals surface area contributed by atoms with Crippen molar-refractivity contribution < 1.29 is 14.0 Å². The number of aromatic nitrogens is 2. The van der Waals surface area contributed by atoms with Crippen LogP contribution in [0.1, 0.15) is 24.7 Å². The van der Waals surface area contributed by atoms with E-state index in [1.807, 2.05) is 18.2 Å². The van der Waals surface area contributed by atoms with Crippen molar-refractivity contribution in [3.63, 3.8) is 0 Å². The summed E-state index contributed by atoms with van der Waals surface area (Å²) >= 11 is 0. The van der Waals surface area contributed by atoms with Gasteiger partial charge in [0.2, 0.25) is 11.7 Å². The van der Waals surface area contributed by atoms with Crippen molar-refractivity contribution >= 4 is 0 Å². The van der Waals surface area contributed by atoms with Gasteiger partial charge in [-0.05, 0) is 44.1 Å². The monoisotopic (exact) mass is 289 g/mol. The van der Waals surface area contributed by atoms with Crippen LogP contribution in [0, 0.1) is 0 Å². The Hall–Kier alpha value is -2.08. The molecule has 112 valence electrons. The molecule has 0 saturated carbocycles. The Kier molecular flexibility index (Phi) is 4.06. The Morgan fingerprint density at radius 1 is 1.19 bits per heavy atom. The van der Waals surface area contributed by atoms with Gasteiger partial charge in [0.15, 0.2) is 0 Å². The molecule has 1 fully saturated rings. The van der Waals surface area contributed by atoms with Gasteiger partial charge in [-0.25, -0.2) is 0 Å². The first kappa shape index (κ1) is 13.9. The van der Waals surface area contributed by atoms with Gasteiger partial charge >= 0.3 is 0 Å². The zero-order valence-corrected chi connectivity index (χ0v) is 12.3. The zero-order chi connectivity index (χ0) is 14.7. The lowest BCUT2D eigenvalue weighted by Gasteiger charge is -2.18. The molecule has 21 heavy (non-hydrogen) atoms. The number of benzene rings is 1. The molecular formula is C15H19N3O3. The Bertz CT molecular complexity index is 606. The topological polar surface area (TPSA) is 69.4 Å². The summed E-state index contributed by atoms with van der Waals surface area (Å²) in [6, 6.07) is 5.54. The molecule has 6 nitrogen and oxygen atoms in total. The van der Waals surface area contributed by atoms with Crippen LogP contribution in [0.25, 0.3) is 11.4 Å². The Morgan fingerprint density at radius 3 is 2.71 bits per heavy atom. The van der Waals surface area contributed by atoms with Gasteiger partial charge in [-0.3, -0.25) is 0 Å². The third-order valence-corrected chi connectivity index (χ3v) is 3.78. The second-order valence-electron chi connectivity index (χ2n) is 5.05. The first-order valence-electron chi connectivity index (χ1n) is 7.08. The normalized spacial score (nSPS) is 15.9. The molecule has 1 saturated heterocycles. The number of nitrogens with zero attached hydrogens (tertiary/aromatic N) is 2. The molecule has 1 aliphatic rings. The van der Waals surface area contributed by atoms with E-state index in [2.05, 4.69) is 15.5 Å². The van der Waals surface area contributed by atoms with Gasteiger partial charge in [0, 0.05) is 5.92 Å². The number of nitrogens with one attached hydrogen (secondary N) is 1. The van der Waals surface area contributed by atoms with E-state index in [1.165, 1.54) is 0 Å². The number of rotatable bonds is 4. The van der Waals surface area contributed by atoms with Crippen LogP contribution in [0.3, 0.4) is 0 Å². The molecule has 1 aromatic heterocycles. The van der Waals surface area contributed by atoms with Gasteiger partial charge in [0.25, 0.3) is 0 Å². The summed E-state index contributed by atoms with van der Waals surface area (Å²) in [6.07, 6.45) is 2.05. The maximum Gasteiger partial charge on any atom is 0.230 e. The van der Waals surface area contributed by atoms with E-state index >= 15 is 0 Å². The van der Waals surface area contributed by atoms with Crippen molar-refractivity contribution in [2.75, 3.05) is 27.3 Å². The third-order valence-electron chi connectivity index (χ3n) is 3.78. The molecule has 0 amide bonds. The number of ether oxygens (including phenoxy) is 2. The van der Waals surface area contributed by atoms with Crippen LogP contribution in [-0.4, -0.2) is 37.4 Å². The molecule has 0 aliphatic carbocycles. The smallest absolute Gasteiger partial charge is 0.230 e. The lowest BCUT2D eigenvalue weighted by Crippen LogP contribution is -2.26. The molecule has 0 radical (unpaired) electrons. The van der Waals surface area contributed by atoms with E-state index in [-0.39, 0.29) is 0 Å². The predicted octanol–water partition coefficient (Wildman–Crippen LogP) is 2.22. The lowest BCUT2D eigenvalue weighted by atomic mass is 9.98. The average molecular weight is 289 g/mol. The van der Waals surface area contributed by atoms with Crippen LogP contribution in [0.4, 0.5) is 0 Å². The first-order chi connectivity index (χ1) is 10.3. The van der Waals surface area contributed by atoms with Crippen molar-refractivity contribution in [1.29, 1.82) is 0 Å². The van der Waals surface area contributed by atoms with Crippen molar-refractivity contribution in [3.05, 3.63) is 24.1 Å². The van der Waals surface area contributed by atoms with Crippen LogP contribution in [0.15, 0.2) is 22.7 Å². The molecule has 1 N–H and O–H groups in total. The van der Waals surface area contributed by atoms with Crippen molar-refractivity contribution in [2.24, 2.45) is 0 Å². The highest BCUT2D eigenvalue weighted by Crippen LogP contribution is 2.33. The van der Waals surface area contributed by atoms with Crippen molar-refractivity contribution in [1.82, 2.24) is 15.5 Å². The van der Waals surface area contributed by atoms with Gasteiger partial charge in [-0.1, -0.05) is 5.16 Å². The molecule has 2 heterocycles. The third kappa shape index (κ3) is 2.85. The number of methoxy groups -OCH3 is 2. The quantitative estimate of drug-likeness (QED) is 0.930. The number of hydrogen-bond donors (Lipinski definition) is 1. The highest BCUT2D eigenvalue weighted by atomic mass is 16.5. The second kappa shape index (κ2) is 6.13. The first-order valence-corrected chi connectivity index (χ1v) is 7.08. The largest absolute Gasteiger partial charge is 0.497 e. The fourth-order valence-electron chi connectivity index (χ4n) is 2.57. The van der Waals surface area contributed by atoms with Gasteiger partial charge in [0.1, 0.15) is 11.5 Å². The maximum atomic E-state index is 5.45. The summed E-state index contributed by atoms with van der Waals surface area (Å²) in [5, 5.41) is 7.43. The van der Waals surface area contributed by atoms with E-state index in [0.29, 0.717) is 23.4 Å². The molecule has 0 unspecified atom stereocenters. The van der Waals surface area contributed by atoms with E-state index in [1.54, 1.807) is 14.2 Å². The molecule has 0 spiro atoms. The van der Waals surface area contributed by atoms with Crippen molar-refractivity contribution in [2.45, 2.75) is 18.8 Å². The molecule has 0 bridgehead atoms. The zero-order valence-electron chi connectivity index (χ0n) is 12.3. The van der Waals surface area contributed by atoms with Crippen LogP contribution in [0.5, 0.6) is 11.5 Å². The minimum absolute atomic E-state index is 0.337. The average Bonchev–Trinajstić information content (AvgIpc) is 3.05. The molecule has 1 aromatic carbocycles. The minimum Gasteiger partial charge on any atom is -0.497 e. The molecular weight excluding hydrogens is 270 g/mol. The summed E-state index contributed by atoms with van der Waals surface area (Å²) in [7, 11) is 3.25. The molecule has 3 rings (SSSR count). The maximum absolute atomic E-state index is 5.45. The molecule has 2 aromatic rings. The van der Waals surface area contributed by atoms with E-state index in [0.717, 1.165) is 37.2 Å². The van der Waals surface area contributed by atoms with E-state index in [9.17, 15) is 0 Å². The van der Waals surface area contributed by atoms with Crippen LogP contribution in [0.2, 0.25) is 0 Å². The Morgan fingerprint density at radius 2 is 2.00 bits per heavy atom. The van der Waals surface area contributed by atoms with Crippen LogP contribution >= 0.6 is 0 Å². The van der Waals surface area contributed by atoms with E-state index in [4.69, 9.17) is 14.0 Å². The van der Waals surface area contributed by atoms with Gasteiger partial charge in [-0.2, -0.15) is 4.98 Å². The van der Waals surface area contributed by atoms with Crippen LogP contribution < -0.4 is 14.8 Å². The SMILES string of the molecule is COc1ccc(OC)c(-c2noc(C3CCNCC3)n2)c1. The second-order valence-corrected chi connectivity index (χ2v) is 5.05. The van der Waals surface area contributed by atoms with Gasteiger partial charge in [0.05, 0.1) is 19.8 Å². The van der Waals surface area contributed by atoms with Gasteiger partial charge in [-0.15, -0.1) is 0 Å². The summed E-state index contributed by atoms with van der Waals surface area (Å²) in [5.74, 6) is 3.02. The molecule has 1 aliphatic heterocycles. The summed E-state index contributed by atoms with van der Waals surface area (Å²) in [6.45, 7) is 1.98. The highest BCUT2D eigenvalue weighted by molar-refractivity contribution is 5.66.